The van der Waals surface area contributed by atoms with Gasteiger partial charge in [0.1, 0.15) is 13.2 Å². The van der Waals surface area contributed by atoms with Crippen molar-refractivity contribution >= 4 is 23.6 Å². The maximum Gasteiger partial charge on any atom is 0.250 e. The molecule has 2 amide bonds. The van der Waals surface area contributed by atoms with Crippen LogP contribution >= 0.6 is 0 Å². The SMILES string of the molecule is CCOc1cccc2c1OCC(C(=O)NCc1cccc(NC(=O)Cn3cccn3)c1)=C2. The van der Waals surface area contributed by atoms with Gasteiger partial charge in [0.15, 0.2) is 11.5 Å². The molecule has 2 N–H and O–H groups in total. The summed E-state index contributed by atoms with van der Waals surface area (Å²) in [4.78, 5) is 24.8. The van der Waals surface area contributed by atoms with Crippen molar-refractivity contribution in [2.45, 2.75) is 20.0 Å². The number of anilines is 1. The molecule has 2 aromatic carbocycles. The molecule has 0 atom stereocenters. The summed E-state index contributed by atoms with van der Waals surface area (Å²) in [7, 11) is 0. The number of nitrogens with zero attached hydrogens (tertiary/aromatic N) is 2. The molecule has 0 spiro atoms. The van der Waals surface area contributed by atoms with Crippen molar-refractivity contribution in [3.05, 3.63) is 77.6 Å². The van der Waals surface area contributed by atoms with Crippen LogP contribution in [0.1, 0.15) is 18.1 Å². The Balaban J connectivity index is 1.35. The zero-order valence-electron chi connectivity index (χ0n) is 17.7. The Bertz CT molecular complexity index is 1140. The molecule has 2 heterocycles. The number of rotatable bonds is 8. The molecule has 0 saturated carbocycles. The van der Waals surface area contributed by atoms with E-state index < -0.39 is 0 Å². The average Bonchev–Trinajstić information content (AvgIpc) is 3.30. The summed E-state index contributed by atoms with van der Waals surface area (Å²) in [6.45, 7) is 3.09. The molecule has 0 unspecified atom stereocenters. The summed E-state index contributed by atoms with van der Waals surface area (Å²) in [5, 5.41) is 9.78. The zero-order chi connectivity index (χ0) is 22.3. The van der Waals surface area contributed by atoms with Crippen molar-refractivity contribution in [1.29, 1.82) is 0 Å². The van der Waals surface area contributed by atoms with Crippen LogP contribution < -0.4 is 20.1 Å². The first kappa shape index (κ1) is 21.2. The molecule has 0 radical (unpaired) electrons. The third-order valence-corrected chi connectivity index (χ3v) is 4.83. The second-order valence-electron chi connectivity index (χ2n) is 7.20. The Hall–Kier alpha value is -4.07. The van der Waals surface area contributed by atoms with Crippen molar-refractivity contribution in [1.82, 2.24) is 15.1 Å². The molecule has 8 nitrogen and oxygen atoms in total. The lowest BCUT2D eigenvalue weighted by Gasteiger charge is -2.20. The molecule has 4 rings (SSSR count). The molecule has 0 saturated heterocycles. The van der Waals surface area contributed by atoms with E-state index in [0.717, 1.165) is 11.1 Å². The van der Waals surface area contributed by atoms with E-state index in [1.54, 1.807) is 29.2 Å². The number of hydrogen-bond acceptors (Lipinski definition) is 5. The summed E-state index contributed by atoms with van der Waals surface area (Å²) >= 11 is 0. The summed E-state index contributed by atoms with van der Waals surface area (Å²) in [6.07, 6.45) is 5.17. The van der Waals surface area contributed by atoms with Crippen LogP contribution in [0.5, 0.6) is 11.5 Å². The number of ether oxygens (including phenoxy) is 2. The maximum absolute atomic E-state index is 12.7. The van der Waals surface area contributed by atoms with Crippen LogP contribution in [0.2, 0.25) is 0 Å². The average molecular weight is 432 g/mol. The Morgan fingerprint density at radius 1 is 1.19 bits per heavy atom. The van der Waals surface area contributed by atoms with E-state index in [1.165, 1.54) is 0 Å². The number of fused-ring (bicyclic) bond motifs is 1. The number of amides is 2. The van der Waals surface area contributed by atoms with Crippen LogP contribution in [-0.4, -0.2) is 34.8 Å². The largest absolute Gasteiger partial charge is 0.490 e. The Kier molecular flexibility index (Phi) is 6.50. The highest BCUT2D eigenvalue weighted by molar-refractivity contribution is 5.99. The fourth-order valence-corrected chi connectivity index (χ4v) is 3.38. The lowest BCUT2D eigenvalue weighted by atomic mass is 10.1. The van der Waals surface area contributed by atoms with Gasteiger partial charge in [0, 0.05) is 30.2 Å². The van der Waals surface area contributed by atoms with Crippen LogP contribution in [0.4, 0.5) is 5.69 Å². The molecule has 1 aliphatic heterocycles. The van der Waals surface area contributed by atoms with Gasteiger partial charge in [-0.05, 0) is 42.8 Å². The van der Waals surface area contributed by atoms with Gasteiger partial charge in [0.05, 0.1) is 12.2 Å². The summed E-state index contributed by atoms with van der Waals surface area (Å²) < 4.78 is 12.9. The maximum atomic E-state index is 12.7. The van der Waals surface area contributed by atoms with Gasteiger partial charge in [0.2, 0.25) is 5.91 Å². The van der Waals surface area contributed by atoms with Crippen molar-refractivity contribution < 1.29 is 19.1 Å². The summed E-state index contributed by atoms with van der Waals surface area (Å²) in [5.74, 6) is 0.951. The first-order chi connectivity index (χ1) is 15.6. The highest BCUT2D eigenvalue weighted by Crippen LogP contribution is 2.35. The number of para-hydroxylation sites is 1. The van der Waals surface area contributed by atoms with E-state index in [0.29, 0.717) is 35.9 Å². The second-order valence-corrected chi connectivity index (χ2v) is 7.20. The third-order valence-electron chi connectivity index (χ3n) is 4.83. The van der Waals surface area contributed by atoms with Crippen LogP contribution in [0.15, 0.2) is 66.5 Å². The minimum absolute atomic E-state index is 0.134. The van der Waals surface area contributed by atoms with Crippen LogP contribution in [0.3, 0.4) is 0 Å². The van der Waals surface area contributed by atoms with Crippen LogP contribution in [-0.2, 0) is 22.7 Å². The number of aromatic nitrogens is 2. The molecule has 8 heteroatoms. The Morgan fingerprint density at radius 2 is 2.06 bits per heavy atom. The zero-order valence-corrected chi connectivity index (χ0v) is 17.7. The Morgan fingerprint density at radius 3 is 2.88 bits per heavy atom. The normalized spacial score (nSPS) is 12.2. The first-order valence-electron chi connectivity index (χ1n) is 10.4. The van der Waals surface area contributed by atoms with Gasteiger partial charge in [-0.3, -0.25) is 14.3 Å². The fraction of sp³-hybridized carbons (Fsp3) is 0.208. The van der Waals surface area contributed by atoms with Crippen LogP contribution in [0.25, 0.3) is 6.08 Å². The number of nitrogens with one attached hydrogen (secondary N) is 2. The van der Waals surface area contributed by atoms with E-state index in [-0.39, 0.29) is 25.0 Å². The van der Waals surface area contributed by atoms with E-state index in [1.807, 2.05) is 49.4 Å². The Labute approximate surface area is 185 Å². The molecule has 3 aromatic rings. The minimum atomic E-state index is -0.203. The predicted octanol–water partition coefficient (Wildman–Crippen LogP) is 3.01. The van der Waals surface area contributed by atoms with E-state index in [9.17, 15) is 9.59 Å². The van der Waals surface area contributed by atoms with Gasteiger partial charge in [0.25, 0.3) is 5.91 Å². The smallest absolute Gasteiger partial charge is 0.250 e. The van der Waals surface area contributed by atoms with E-state index >= 15 is 0 Å². The standard InChI is InChI=1S/C24H24N4O4/c1-2-31-21-9-4-7-18-13-19(16-32-23(18)21)24(30)25-14-17-6-3-8-20(12-17)27-22(29)15-28-11-5-10-26-28/h3-13H,2,14-16H2,1H3,(H,25,30)(H,27,29). The van der Waals surface area contributed by atoms with Gasteiger partial charge in [-0.1, -0.05) is 24.3 Å². The van der Waals surface area contributed by atoms with E-state index in [4.69, 9.17) is 9.47 Å². The van der Waals surface area contributed by atoms with Crippen molar-refractivity contribution in [2.24, 2.45) is 0 Å². The second kappa shape index (κ2) is 9.82. The highest BCUT2D eigenvalue weighted by atomic mass is 16.5. The molecule has 32 heavy (non-hydrogen) atoms. The van der Waals surface area contributed by atoms with Gasteiger partial charge in [-0.25, -0.2) is 0 Å². The van der Waals surface area contributed by atoms with Gasteiger partial charge in [-0.15, -0.1) is 0 Å². The lowest BCUT2D eigenvalue weighted by Crippen LogP contribution is -2.28. The number of benzene rings is 2. The predicted molar refractivity (Wildman–Crippen MR) is 120 cm³/mol. The minimum Gasteiger partial charge on any atom is -0.490 e. The molecule has 164 valence electrons. The highest BCUT2D eigenvalue weighted by Gasteiger charge is 2.20. The number of carbonyl (C=O) groups excluding carboxylic acids is 2. The topological polar surface area (TPSA) is 94.5 Å². The number of hydrogen-bond donors (Lipinski definition) is 2. The monoisotopic (exact) mass is 432 g/mol. The summed E-state index contributed by atoms with van der Waals surface area (Å²) in [5.41, 5.74) is 2.88. The first-order valence-corrected chi connectivity index (χ1v) is 10.4. The molecule has 1 aliphatic rings. The lowest BCUT2D eigenvalue weighted by molar-refractivity contribution is -0.118. The van der Waals surface area contributed by atoms with Gasteiger partial charge in [-0.2, -0.15) is 5.10 Å². The van der Waals surface area contributed by atoms with Crippen LogP contribution in [0, 0.1) is 0 Å². The van der Waals surface area contributed by atoms with E-state index in [2.05, 4.69) is 15.7 Å². The molecule has 0 aliphatic carbocycles. The molecular weight excluding hydrogens is 408 g/mol. The fourth-order valence-electron chi connectivity index (χ4n) is 3.38. The number of carbonyl (C=O) groups is 2. The van der Waals surface area contributed by atoms with Gasteiger partial charge >= 0.3 is 0 Å². The molecule has 1 aromatic heterocycles. The molecule has 0 bridgehead atoms. The van der Waals surface area contributed by atoms with Crippen molar-refractivity contribution in [2.75, 3.05) is 18.5 Å². The van der Waals surface area contributed by atoms with Crippen molar-refractivity contribution in [3.63, 3.8) is 0 Å². The summed E-state index contributed by atoms with van der Waals surface area (Å²) in [6, 6.07) is 14.7. The van der Waals surface area contributed by atoms with Gasteiger partial charge < -0.3 is 20.1 Å². The quantitative estimate of drug-likeness (QED) is 0.571. The van der Waals surface area contributed by atoms with Crippen molar-refractivity contribution in [3.8, 4) is 11.5 Å². The molecule has 0 fully saturated rings. The molecular formula is C24H24N4O4. The third kappa shape index (κ3) is 5.15.